The van der Waals surface area contributed by atoms with Crippen molar-refractivity contribution in [1.82, 2.24) is 20.5 Å². The standard InChI is InChI=1S/C15H20FN5/c1-10-3-4-13(16)12(9-10)14-18-15(20-19-14)21-7-5-11(17-2)6-8-21/h3-4,9,11,17H,5-8H2,1-2H3,(H,18,19,20). The van der Waals surface area contributed by atoms with Crippen molar-refractivity contribution < 1.29 is 4.39 Å². The highest BCUT2D eigenvalue weighted by molar-refractivity contribution is 5.58. The summed E-state index contributed by atoms with van der Waals surface area (Å²) < 4.78 is 13.9. The number of rotatable bonds is 3. The van der Waals surface area contributed by atoms with E-state index in [0.717, 1.165) is 31.5 Å². The van der Waals surface area contributed by atoms with Gasteiger partial charge in [0.05, 0.1) is 5.56 Å². The van der Waals surface area contributed by atoms with Crippen molar-refractivity contribution in [3.8, 4) is 11.4 Å². The molecule has 2 N–H and O–H groups in total. The number of piperidine rings is 1. The lowest BCUT2D eigenvalue weighted by atomic mass is 10.1. The lowest BCUT2D eigenvalue weighted by Crippen LogP contribution is -2.41. The van der Waals surface area contributed by atoms with E-state index in [1.165, 1.54) is 6.07 Å². The molecule has 6 heteroatoms. The second kappa shape index (κ2) is 5.81. The van der Waals surface area contributed by atoms with Gasteiger partial charge >= 0.3 is 0 Å². The number of halogens is 1. The quantitative estimate of drug-likeness (QED) is 0.908. The van der Waals surface area contributed by atoms with Crippen molar-refractivity contribution in [2.24, 2.45) is 0 Å². The normalized spacial score (nSPS) is 16.4. The molecule has 112 valence electrons. The van der Waals surface area contributed by atoms with E-state index in [9.17, 15) is 4.39 Å². The molecule has 0 amide bonds. The third-order valence-electron chi connectivity index (χ3n) is 4.04. The highest BCUT2D eigenvalue weighted by atomic mass is 19.1. The molecule has 3 rings (SSSR count). The predicted molar refractivity (Wildman–Crippen MR) is 80.8 cm³/mol. The summed E-state index contributed by atoms with van der Waals surface area (Å²) in [6, 6.07) is 5.56. The Labute approximate surface area is 123 Å². The summed E-state index contributed by atoms with van der Waals surface area (Å²) in [5.41, 5.74) is 1.47. The van der Waals surface area contributed by atoms with E-state index in [1.54, 1.807) is 12.1 Å². The Bertz CT molecular complexity index is 616. The first-order chi connectivity index (χ1) is 10.2. The highest BCUT2D eigenvalue weighted by Gasteiger charge is 2.21. The van der Waals surface area contributed by atoms with Crippen LogP contribution in [0.4, 0.5) is 10.3 Å². The van der Waals surface area contributed by atoms with E-state index >= 15 is 0 Å². The minimum Gasteiger partial charge on any atom is -0.339 e. The number of aromatic nitrogens is 3. The van der Waals surface area contributed by atoms with Gasteiger partial charge in [0, 0.05) is 19.1 Å². The number of nitrogens with one attached hydrogen (secondary N) is 2. The fourth-order valence-corrected chi connectivity index (χ4v) is 2.70. The van der Waals surface area contributed by atoms with Gasteiger partial charge in [-0.1, -0.05) is 11.6 Å². The SMILES string of the molecule is CNC1CCN(c2n[nH]c(-c3cc(C)ccc3F)n2)CC1. The maximum atomic E-state index is 13.9. The van der Waals surface area contributed by atoms with Gasteiger partial charge in [0.1, 0.15) is 5.82 Å². The number of anilines is 1. The third kappa shape index (κ3) is 2.90. The van der Waals surface area contributed by atoms with Crippen LogP contribution in [0.2, 0.25) is 0 Å². The van der Waals surface area contributed by atoms with E-state index in [-0.39, 0.29) is 5.82 Å². The van der Waals surface area contributed by atoms with Crippen LogP contribution in [0, 0.1) is 12.7 Å². The molecule has 1 aliphatic rings. The van der Waals surface area contributed by atoms with Crippen LogP contribution in [0.1, 0.15) is 18.4 Å². The smallest absolute Gasteiger partial charge is 0.245 e. The fourth-order valence-electron chi connectivity index (χ4n) is 2.70. The molecular weight excluding hydrogens is 269 g/mol. The molecule has 0 saturated carbocycles. The molecule has 21 heavy (non-hydrogen) atoms. The molecule has 0 aliphatic carbocycles. The lowest BCUT2D eigenvalue weighted by Gasteiger charge is -2.30. The van der Waals surface area contributed by atoms with E-state index in [0.29, 0.717) is 23.4 Å². The van der Waals surface area contributed by atoms with Crippen LogP contribution in [0.25, 0.3) is 11.4 Å². The Morgan fingerprint density at radius 2 is 2.10 bits per heavy atom. The first kappa shape index (κ1) is 14.0. The predicted octanol–water partition coefficient (Wildman–Crippen LogP) is 2.11. The van der Waals surface area contributed by atoms with Crippen LogP contribution in [0.3, 0.4) is 0 Å². The van der Waals surface area contributed by atoms with Crippen molar-refractivity contribution in [3.05, 3.63) is 29.6 Å². The Morgan fingerprint density at radius 3 is 2.81 bits per heavy atom. The average molecular weight is 289 g/mol. The van der Waals surface area contributed by atoms with Gasteiger partial charge in [0.15, 0.2) is 5.82 Å². The third-order valence-corrected chi connectivity index (χ3v) is 4.04. The minimum absolute atomic E-state index is 0.280. The van der Waals surface area contributed by atoms with Crippen LogP contribution < -0.4 is 10.2 Å². The van der Waals surface area contributed by atoms with Crippen LogP contribution in [-0.4, -0.2) is 41.4 Å². The summed E-state index contributed by atoms with van der Waals surface area (Å²) in [5, 5.41) is 10.4. The largest absolute Gasteiger partial charge is 0.339 e. The van der Waals surface area contributed by atoms with Crippen molar-refractivity contribution >= 4 is 5.95 Å². The first-order valence-corrected chi connectivity index (χ1v) is 7.28. The number of hydrogen-bond acceptors (Lipinski definition) is 4. The maximum Gasteiger partial charge on any atom is 0.245 e. The summed E-state index contributed by atoms with van der Waals surface area (Å²) in [6.07, 6.45) is 2.14. The number of hydrogen-bond donors (Lipinski definition) is 2. The summed E-state index contributed by atoms with van der Waals surface area (Å²) in [7, 11) is 1.99. The second-order valence-corrected chi connectivity index (χ2v) is 5.52. The van der Waals surface area contributed by atoms with E-state index in [4.69, 9.17) is 0 Å². The summed E-state index contributed by atoms with van der Waals surface area (Å²) in [4.78, 5) is 6.60. The second-order valence-electron chi connectivity index (χ2n) is 5.52. The lowest BCUT2D eigenvalue weighted by molar-refractivity contribution is 0.439. The molecule has 2 aromatic rings. The van der Waals surface area contributed by atoms with Gasteiger partial charge in [-0.15, -0.1) is 5.10 Å². The number of benzene rings is 1. The molecule has 1 aliphatic heterocycles. The molecule has 0 atom stereocenters. The van der Waals surface area contributed by atoms with Gasteiger partial charge < -0.3 is 10.2 Å². The molecule has 0 unspecified atom stereocenters. The Morgan fingerprint density at radius 1 is 1.33 bits per heavy atom. The Hall–Kier alpha value is -1.95. The molecule has 2 heterocycles. The van der Waals surface area contributed by atoms with E-state index in [2.05, 4.69) is 25.4 Å². The summed E-state index contributed by atoms with van der Waals surface area (Å²) >= 11 is 0. The van der Waals surface area contributed by atoms with Crippen molar-refractivity contribution in [2.75, 3.05) is 25.0 Å². The molecule has 1 aromatic heterocycles. The Kier molecular flexibility index (Phi) is 3.88. The molecule has 1 fully saturated rings. The van der Waals surface area contributed by atoms with Gasteiger partial charge in [-0.05, 0) is 38.9 Å². The minimum atomic E-state index is -0.280. The fraction of sp³-hybridized carbons (Fsp3) is 0.467. The number of aromatic amines is 1. The van der Waals surface area contributed by atoms with Crippen molar-refractivity contribution in [1.29, 1.82) is 0 Å². The van der Waals surface area contributed by atoms with Crippen LogP contribution in [0.5, 0.6) is 0 Å². The van der Waals surface area contributed by atoms with Crippen molar-refractivity contribution in [3.63, 3.8) is 0 Å². The molecule has 5 nitrogen and oxygen atoms in total. The molecule has 0 radical (unpaired) electrons. The summed E-state index contributed by atoms with van der Waals surface area (Å²) in [5.74, 6) is 0.861. The monoisotopic (exact) mass is 289 g/mol. The van der Waals surface area contributed by atoms with Crippen LogP contribution >= 0.6 is 0 Å². The highest BCUT2D eigenvalue weighted by Crippen LogP contribution is 2.23. The van der Waals surface area contributed by atoms with Crippen LogP contribution in [-0.2, 0) is 0 Å². The molecule has 0 spiro atoms. The molecule has 1 saturated heterocycles. The number of H-pyrrole nitrogens is 1. The molecular formula is C15H20FN5. The zero-order valence-electron chi connectivity index (χ0n) is 12.4. The van der Waals surface area contributed by atoms with E-state index in [1.807, 2.05) is 14.0 Å². The summed E-state index contributed by atoms with van der Waals surface area (Å²) in [6.45, 7) is 3.76. The van der Waals surface area contributed by atoms with Gasteiger partial charge in [0.25, 0.3) is 0 Å². The topological polar surface area (TPSA) is 56.8 Å². The molecule has 1 aromatic carbocycles. The van der Waals surface area contributed by atoms with Gasteiger partial charge in [-0.3, -0.25) is 5.10 Å². The maximum absolute atomic E-state index is 13.9. The zero-order chi connectivity index (χ0) is 14.8. The van der Waals surface area contributed by atoms with Crippen molar-refractivity contribution in [2.45, 2.75) is 25.8 Å². The van der Waals surface area contributed by atoms with Gasteiger partial charge in [-0.25, -0.2) is 4.39 Å². The average Bonchev–Trinajstić information content (AvgIpc) is 2.99. The first-order valence-electron chi connectivity index (χ1n) is 7.28. The number of aryl methyl sites for hydroxylation is 1. The number of nitrogens with zero attached hydrogens (tertiary/aromatic N) is 3. The van der Waals surface area contributed by atoms with Gasteiger partial charge in [-0.2, -0.15) is 4.98 Å². The Balaban J connectivity index is 1.79. The van der Waals surface area contributed by atoms with Crippen LogP contribution in [0.15, 0.2) is 18.2 Å². The molecule has 0 bridgehead atoms. The van der Waals surface area contributed by atoms with E-state index < -0.39 is 0 Å². The van der Waals surface area contributed by atoms with Gasteiger partial charge in [0.2, 0.25) is 5.95 Å². The zero-order valence-corrected chi connectivity index (χ0v) is 12.4.